The van der Waals surface area contributed by atoms with Crippen LogP contribution in [0.2, 0.25) is 0 Å². The zero-order valence-electron chi connectivity index (χ0n) is 11.1. The summed E-state index contributed by atoms with van der Waals surface area (Å²) < 4.78 is 45.2. The molecule has 1 aromatic carbocycles. The standard InChI is InChI=1S/C14H18F3NO/c1-3-14(2)8-9(4-5-19-14)18-13-7-11(16)10(15)6-12(13)17/h6-7,9,18H,3-5,8H2,1-2H3. The predicted molar refractivity (Wildman–Crippen MR) is 67.6 cm³/mol. The van der Waals surface area contributed by atoms with Gasteiger partial charge in [0.2, 0.25) is 0 Å². The van der Waals surface area contributed by atoms with Gasteiger partial charge in [0.1, 0.15) is 5.82 Å². The highest BCUT2D eigenvalue weighted by molar-refractivity contribution is 5.46. The maximum absolute atomic E-state index is 13.6. The number of benzene rings is 1. The smallest absolute Gasteiger partial charge is 0.161 e. The molecule has 1 aliphatic rings. The van der Waals surface area contributed by atoms with Crippen LogP contribution in [0, 0.1) is 17.5 Å². The van der Waals surface area contributed by atoms with Gasteiger partial charge < -0.3 is 10.1 Å². The van der Waals surface area contributed by atoms with E-state index < -0.39 is 17.5 Å². The van der Waals surface area contributed by atoms with E-state index in [0.717, 1.165) is 12.5 Å². The van der Waals surface area contributed by atoms with Crippen LogP contribution in [0.3, 0.4) is 0 Å². The number of nitrogens with one attached hydrogen (secondary N) is 1. The minimum atomic E-state index is -1.17. The van der Waals surface area contributed by atoms with Crippen LogP contribution in [0.4, 0.5) is 18.9 Å². The number of hydrogen-bond donors (Lipinski definition) is 1. The van der Waals surface area contributed by atoms with Gasteiger partial charge in [0.05, 0.1) is 11.3 Å². The molecule has 1 N–H and O–H groups in total. The lowest BCUT2D eigenvalue weighted by Crippen LogP contribution is -2.42. The summed E-state index contributed by atoms with van der Waals surface area (Å²) in [7, 11) is 0. The van der Waals surface area contributed by atoms with E-state index >= 15 is 0 Å². The summed E-state index contributed by atoms with van der Waals surface area (Å²) in [5.74, 6) is -2.99. The van der Waals surface area contributed by atoms with Crippen molar-refractivity contribution in [2.75, 3.05) is 11.9 Å². The minimum Gasteiger partial charge on any atom is -0.380 e. The van der Waals surface area contributed by atoms with Crippen LogP contribution in [0.25, 0.3) is 0 Å². The third kappa shape index (κ3) is 3.21. The van der Waals surface area contributed by atoms with Gasteiger partial charge in [-0.05, 0) is 26.2 Å². The summed E-state index contributed by atoms with van der Waals surface area (Å²) in [5.41, 5.74) is -0.241. The van der Waals surface area contributed by atoms with Crippen molar-refractivity contribution in [2.24, 2.45) is 0 Å². The van der Waals surface area contributed by atoms with Crippen LogP contribution in [0.1, 0.15) is 33.1 Å². The van der Waals surface area contributed by atoms with E-state index in [1.54, 1.807) is 0 Å². The Kier molecular flexibility index (Phi) is 4.04. The van der Waals surface area contributed by atoms with E-state index in [1.807, 2.05) is 13.8 Å². The molecule has 0 amide bonds. The quantitative estimate of drug-likeness (QED) is 0.844. The van der Waals surface area contributed by atoms with Crippen molar-refractivity contribution in [1.82, 2.24) is 0 Å². The van der Waals surface area contributed by atoms with E-state index in [2.05, 4.69) is 5.32 Å². The van der Waals surface area contributed by atoms with Gasteiger partial charge in [0.25, 0.3) is 0 Å². The van der Waals surface area contributed by atoms with Crippen molar-refractivity contribution in [2.45, 2.75) is 44.8 Å². The Morgan fingerprint density at radius 3 is 2.63 bits per heavy atom. The van der Waals surface area contributed by atoms with Gasteiger partial charge in [-0.25, -0.2) is 13.2 Å². The van der Waals surface area contributed by atoms with Crippen LogP contribution >= 0.6 is 0 Å². The molecule has 2 unspecified atom stereocenters. The number of halogens is 3. The van der Waals surface area contributed by atoms with Crippen molar-refractivity contribution >= 4 is 5.69 Å². The summed E-state index contributed by atoms with van der Waals surface area (Å²) in [6.07, 6.45) is 2.28. The average Bonchev–Trinajstić information content (AvgIpc) is 2.36. The maximum atomic E-state index is 13.6. The zero-order valence-corrected chi connectivity index (χ0v) is 11.1. The van der Waals surface area contributed by atoms with Gasteiger partial charge in [-0.15, -0.1) is 0 Å². The predicted octanol–water partition coefficient (Wildman–Crippen LogP) is 3.86. The van der Waals surface area contributed by atoms with Crippen LogP contribution < -0.4 is 5.32 Å². The van der Waals surface area contributed by atoms with Crippen LogP contribution in [0.15, 0.2) is 12.1 Å². The molecule has 0 spiro atoms. The van der Waals surface area contributed by atoms with Crippen LogP contribution in [-0.2, 0) is 4.74 Å². The monoisotopic (exact) mass is 273 g/mol. The summed E-state index contributed by atoms with van der Waals surface area (Å²) in [5, 5.41) is 2.95. The third-order valence-electron chi connectivity index (χ3n) is 3.71. The number of rotatable bonds is 3. The largest absolute Gasteiger partial charge is 0.380 e. The molecule has 1 saturated heterocycles. The lowest BCUT2D eigenvalue weighted by Gasteiger charge is -2.38. The molecule has 1 aliphatic heterocycles. The first-order valence-electron chi connectivity index (χ1n) is 6.48. The lowest BCUT2D eigenvalue weighted by atomic mass is 9.90. The molecule has 106 valence electrons. The SMILES string of the molecule is CCC1(C)CC(Nc2cc(F)c(F)cc2F)CCO1. The molecule has 0 saturated carbocycles. The Balaban J connectivity index is 2.11. The molecule has 1 aromatic rings. The fraction of sp³-hybridized carbons (Fsp3) is 0.571. The normalized spacial score (nSPS) is 27.3. The van der Waals surface area contributed by atoms with E-state index in [4.69, 9.17) is 4.74 Å². The van der Waals surface area contributed by atoms with E-state index in [1.165, 1.54) is 0 Å². The van der Waals surface area contributed by atoms with Crippen LogP contribution in [-0.4, -0.2) is 18.2 Å². The first-order chi connectivity index (χ1) is 8.93. The molecule has 2 rings (SSSR count). The highest BCUT2D eigenvalue weighted by Crippen LogP contribution is 2.30. The fourth-order valence-electron chi connectivity index (χ4n) is 2.35. The molecule has 0 aliphatic carbocycles. The van der Waals surface area contributed by atoms with Gasteiger partial charge in [0, 0.05) is 24.8 Å². The van der Waals surface area contributed by atoms with Crippen molar-refractivity contribution in [3.8, 4) is 0 Å². The van der Waals surface area contributed by atoms with E-state index in [0.29, 0.717) is 25.5 Å². The number of anilines is 1. The molecule has 1 fully saturated rings. The van der Waals surface area contributed by atoms with Crippen LogP contribution in [0.5, 0.6) is 0 Å². The molecule has 2 atom stereocenters. The topological polar surface area (TPSA) is 21.3 Å². The summed E-state index contributed by atoms with van der Waals surface area (Å²) >= 11 is 0. The van der Waals surface area contributed by atoms with Gasteiger partial charge in [-0.3, -0.25) is 0 Å². The van der Waals surface area contributed by atoms with Gasteiger partial charge >= 0.3 is 0 Å². The van der Waals surface area contributed by atoms with Crippen molar-refractivity contribution in [1.29, 1.82) is 0 Å². The van der Waals surface area contributed by atoms with E-state index in [-0.39, 0.29) is 17.3 Å². The Labute approximate surface area is 111 Å². The number of ether oxygens (including phenoxy) is 1. The molecule has 5 heteroatoms. The van der Waals surface area contributed by atoms with Crippen molar-refractivity contribution in [3.63, 3.8) is 0 Å². The lowest BCUT2D eigenvalue weighted by molar-refractivity contribution is -0.0709. The second-order valence-corrected chi connectivity index (χ2v) is 5.23. The number of hydrogen-bond acceptors (Lipinski definition) is 2. The second kappa shape index (κ2) is 5.41. The second-order valence-electron chi connectivity index (χ2n) is 5.23. The Bertz CT molecular complexity index is 466. The molecule has 0 aromatic heterocycles. The van der Waals surface area contributed by atoms with E-state index in [9.17, 15) is 13.2 Å². The maximum Gasteiger partial charge on any atom is 0.161 e. The molecule has 2 nitrogen and oxygen atoms in total. The minimum absolute atomic E-state index is 0.00180. The Morgan fingerprint density at radius 2 is 1.95 bits per heavy atom. The fourth-order valence-corrected chi connectivity index (χ4v) is 2.35. The average molecular weight is 273 g/mol. The summed E-state index contributed by atoms with van der Waals surface area (Å²) in [6.45, 7) is 4.61. The highest BCUT2D eigenvalue weighted by atomic mass is 19.2. The molecule has 0 bridgehead atoms. The first kappa shape index (κ1) is 14.2. The van der Waals surface area contributed by atoms with Gasteiger partial charge in [0.15, 0.2) is 11.6 Å². The summed E-state index contributed by atoms with van der Waals surface area (Å²) in [6, 6.07) is 1.43. The molecular weight excluding hydrogens is 255 g/mol. The zero-order chi connectivity index (χ0) is 14.0. The molecule has 0 radical (unpaired) electrons. The van der Waals surface area contributed by atoms with Crippen molar-refractivity contribution < 1.29 is 17.9 Å². The molecular formula is C14H18F3NO. The Morgan fingerprint density at radius 1 is 1.26 bits per heavy atom. The summed E-state index contributed by atoms with van der Waals surface area (Å²) in [4.78, 5) is 0. The van der Waals surface area contributed by atoms with Gasteiger partial charge in [-0.2, -0.15) is 0 Å². The molecule has 19 heavy (non-hydrogen) atoms. The first-order valence-corrected chi connectivity index (χ1v) is 6.48. The molecule has 1 heterocycles. The highest BCUT2D eigenvalue weighted by Gasteiger charge is 2.32. The van der Waals surface area contributed by atoms with Gasteiger partial charge in [-0.1, -0.05) is 6.92 Å². The Hall–Kier alpha value is -1.23. The third-order valence-corrected chi connectivity index (χ3v) is 3.71. The van der Waals surface area contributed by atoms with Crippen molar-refractivity contribution in [3.05, 3.63) is 29.6 Å².